The van der Waals surface area contributed by atoms with Crippen molar-refractivity contribution in [3.63, 3.8) is 0 Å². The van der Waals surface area contributed by atoms with Gasteiger partial charge in [-0.05, 0) is 43.7 Å². The van der Waals surface area contributed by atoms with Crippen molar-refractivity contribution in [2.45, 2.75) is 38.7 Å². The number of benzene rings is 2. The smallest absolute Gasteiger partial charge is 0.265 e. The lowest BCUT2D eigenvalue weighted by Crippen LogP contribution is -2.32. The van der Waals surface area contributed by atoms with Crippen molar-refractivity contribution in [3.8, 4) is 5.75 Å². The monoisotopic (exact) mass is 408 g/mol. The number of hydrogen-bond donors (Lipinski definition) is 1. The van der Waals surface area contributed by atoms with Crippen molar-refractivity contribution in [1.29, 1.82) is 0 Å². The molecule has 0 aromatic heterocycles. The summed E-state index contributed by atoms with van der Waals surface area (Å²) in [4.78, 5) is 12.5. The molecule has 1 amide bonds. The normalized spacial score (nSPS) is 12.6. The minimum Gasteiger partial charge on any atom is -0.478 e. The van der Waals surface area contributed by atoms with Gasteiger partial charge in [-0.3, -0.25) is 4.79 Å². The molecule has 2 rings (SSSR count). The standard InChI is InChI=1S/C20H25FN2O4S/c1-5-23(6-2)28(25,26)19-13-16(12-11-14(19)3)22-20(24)15(4)27-18-10-8-7-9-17(18)21/h7-13,15H,5-6H2,1-4H3,(H,22,24)/t15-/m0/s1. The van der Waals surface area contributed by atoms with Gasteiger partial charge in [0.25, 0.3) is 5.91 Å². The van der Waals surface area contributed by atoms with Crippen LogP contribution < -0.4 is 10.1 Å². The number of halogens is 1. The molecule has 1 N–H and O–H groups in total. The average molecular weight is 408 g/mol. The van der Waals surface area contributed by atoms with Crippen LogP contribution in [0, 0.1) is 12.7 Å². The lowest BCUT2D eigenvalue weighted by molar-refractivity contribution is -0.122. The largest absolute Gasteiger partial charge is 0.478 e. The lowest BCUT2D eigenvalue weighted by atomic mass is 10.2. The first-order chi connectivity index (χ1) is 13.2. The summed E-state index contributed by atoms with van der Waals surface area (Å²) in [7, 11) is -3.66. The third-order valence-electron chi connectivity index (χ3n) is 4.29. The Bertz CT molecular complexity index is 943. The first kappa shape index (κ1) is 21.8. The molecule has 0 aliphatic carbocycles. The highest BCUT2D eigenvalue weighted by Gasteiger charge is 2.24. The number of rotatable bonds is 8. The fraction of sp³-hybridized carbons (Fsp3) is 0.350. The minimum absolute atomic E-state index is 0.0288. The Morgan fingerprint density at radius 2 is 1.82 bits per heavy atom. The molecule has 0 saturated heterocycles. The molecule has 0 spiro atoms. The van der Waals surface area contributed by atoms with Crippen LogP contribution in [0.5, 0.6) is 5.75 Å². The molecule has 2 aromatic carbocycles. The van der Waals surface area contributed by atoms with Crippen LogP contribution in [0.25, 0.3) is 0 Å². The molecule has 0 radical (unpaired) electrons. The Morgan fingerprint density at radius 1 is 1.18 bits per heavy atom. The van der Waals surface area contributed by atoms with Crippen molar-refractivity contribution in [1.82, 2.24) is 4.31 Å². The number of anilines is 1. The van der Waals surface area contributed by atoms with E-state index in [-0.39, 0.29) is 10.6 Å². The Balaban J connectivity index is 2.20. The number of aryl methyl sites for hydroxylation is 1. The van der Waals surface area contributed by atoms with Crippen molar-refractivity contribution < 1.29 is 22.3 Å². The Hall–Kier alpha value is -2.45. The van der Waals surface area contributed by atoms with E-state index in [1.165, 1.54) is 35.5 Å². The highest BCUT2D eigenvalue weighted by molar-refractivity contribution is 7.89. The Labute approximate surface area is 165 Å². The summed E-state index contributed by atoms with van der Waals surface area (Å²) in [6.07, 6.45) is -0.971. The summed E-state index contributed by atoms with van der Waals surface area (Å²) in [5, 5.41) is 2.63. The van der Waals surface area contributed by atoms with Gasteiger partial charge in [-0.15, -0.1) is 0 Å². The van der Waals surface area contributed by atoms with Gasteiger partial charge in [0.15, 0.2) is 17.7 Å². The van der Waals surface area contributed by atoms with Crippen molar-refractivity contribution in [2.24, 2.45) is 0 Å². The molecule has 0 aliphatic heterocycles. The number of hydrogen-bond acceptors (Lipinski definition) is 4. The quantitative estimate of drug-likeness (QED) is 0.725. The number of carbonyl (C=O) groups is 1. The second-order valence-corrected chi connectivity index (χ2v) is 8.16. The van der Waals surface area contributed by atoms with E-state index in [2.05, 4.69) is 5.32 Å². The van der Waals surface area contributed by atoms with Crippen molar-refractivity contribution in [2.75, 3.05) is 18.4 Å². The van der Waals surface area contributed by atoms with Gasteiger partial charge < -0.3 is 10.1 Å². The molecule has 8 heteroatoms. The van der Waals surface area contributed by atoms with Gasteiger partial charge >= 0.3 is 0 Å². The molecular weight excluding hydrogens is 383 g/mol. The van der Waals surface area contributed by atoms with Gasteiger partial charge in [-0.1, -0.05) is 32.0 Å². The summed E-state index contributed by atoms with van der Waals surface area (Å²) >= 11 is 0. The molecule has 152 valence electrons. The number of nitrogens with zero attached hydrogens (tertiary/aromatic N) is 1. The third kappa shape index (κ3) is 4.88. The fourth-order valence-electron chi connectivity index (χ4n) is 2.69. The maximum atomic E-state index is 13.7. The maximum Gasteiger partial charge on any atom is 0.265 e. The zero-order chi connectivity index (χ0) is 20.9. The summed E-state index contributed by atoms with van der Waals surface area (Å²) in [6, 6.07) is 10.5. The number of amides is 1. The van der Waals surface area contributed by atoms with Crippen LogP contribution in [0.2, 0.25) is 0 Å². The highest BCUT2D eigenvalue weighted by atomic mass is 32.2. The minimum atomic E-state index is -3.66. The van der Waals surface area contributed by atoms with E-state index in [4.69, 9.17) is 4.74 Å². The average Bonchev–Trinajstić information content (AvgIpc) is 2.65. The maximum absolute atomic E-state index is 13.7. The van der Waals surface area contributed by atoms with E-state index < -0.39 is 27.9 Å². The topological polar surface area (TPSA) is 75.7 Å². The van der Waals surface area contributed by atoms with Gasteiger partial charge in [-0.2, -0.15) is 4.31 Å². The fourth-order valence-corrected chi connectivity index (χ4v) is 4.40. The molecule has 2 aromatic rings. The van der Waals surface area contributed by atoms with E-state index in [1.807, 2.05) is 0 Å². The van der Waals surface area contributed by atoms with Crippen molar-refractivity contribution >= 4 is 21.6 Å². The number of nitrogens with one attached hydrogen (secondary N) is 1. The number of ether oxygens (including phenoxy) is 1. The Kier molecular flexibility index (Phi) is 7.15. The summed E-state index contributed by atoms with van der Waals surface area (Å²) in [5.41, 5.74) is 0.908. The summed E-state index contributed by atoms with van der Waals surface area (Å²) in [5.74, 6) is -1.11. The van der Waals surface area contributed by atoms with E-state index in [9.17, 15) is 17.6 Å². The van der Waals surface area contributed by atoms with Crippen LogP contribution in [-0.2, 0) is 14.8 Å². The van der Waals surface area contributed by atoms with Gasteiger partial charge in [0.2, 0.25) is 10.0 Å². The molecule has 0 fully saturated rings. The molecule has 0 saturated carbocycles. The second-order valence-electron chi connectivity index (χ2n) is 6.25. The second kappa shape index (κ2) is 9.16. The summed E-state index contributed by atoms with van der Waals surface area (Å²) in [6.45, 7) is 7.42. The van der Waals surface area contributed by atoms with Crippen LogP contribution in [0.3, 0.4) is 0 Å². The van der Waals surface area contributed by atoms with E-state index in [1.54, 1.807) is 39.0 Å². The Morgan fingerprint density at radius 3 is 2.43 bits per heavy atom. The first-order valence-corrected chi connectivity index (χ1v) is 10.5. The SMILES string of the molecule is CCN(CC)S(=O)(=O)c1cc(NC(=O)[C@H](C)Oc2ccccc2F)ccc1C. The van der Waals surface area contributed by atoms with Gasteiger partial charge in [0.05, 0.1) is 4.90 Å². The first-order valence-electron chi connectivity index (χ1n) is 9.03. The van der Waals surface area contributed by atoms with Crippen LogP contribution in [0.15, 0.2) is 47.4 Å². The van der Waals surface area contributed by atoms with Crippen molar-refractivity contribution in [3.05, 3.63) is 53.8 Å². The summed E-state index contributed by atoms with van der Waals surface area (Å²) < 4.78 is 46.0. The van der Waals surface area contributed by atoms with Crippen LogP contribution in [0.4, 0.5) is 10.1 Å². The predicted octanol–water partition coefficient (Wildman–Crippen LogP) is 3.57. The highest BCUT2D eigenvalue weighted by Crippen LogP contribution is 2.24. The number of carbonyl (C=O) groups excluding carboxylic acids is 1. The van der Waals surface area contributed by atoms with E-state index >= 15 is 0 Å². The number of sulfonamides is 1. The van der Waals surface area contributed by atoms with Crippen LogP contribution in [-0.4, -0.2) is 37.8 Å². The predicted molar refractivity (Wildman–Crippen MR) is 106 cm³/mol. The third-order valence-corrected chi connectivity index (χ3v) is 6.48. The molecular formula is C20H25FN2O4S. The molecule has 0 bridgehead atoms. The zero-order valence-corrected chi connectivity index (χ0v) is 17.2. The van der Waals surface area contributed by atoms with Gasteiger partial charge in [0, 0.05) is 18.8 Å². The molecule has 1 atom stereocenters. The molecule has 0 heterocycles. The lowest BCUT2D eigenvalue weighted by Gasteiger charge is -2.21. The van der Waals surface area contributed by atoms with Gasteiger partial charge in [-0.25, -0.2) is 12.8 Å². The van der Waals surface area contributed by atoms with E-state index in [0.29, 0.717) is 24.3 Å². The van der Waals surface area contributed by atoms with Crippen LogP contribution >= 0.6 is 0 Å². The molecule has 0 unspecified atom stereocenters. The molecule has 0 aliphatic rings. The van der Waals surface area contributed by atoms with E-state index in [0.717, 1.165) is 0 Å². The molecule has 6 nitrogen and oxygen atoms in total. The van der Waals surface area contributed by atoms with Crippen LogP contribution in [0.1, 0.15) is 26.3 Å². The number of para-hydroxylation sites is 1. The van der Waals surface area contributed by atoms with Gasteiger partial charge in [0.1, 0.15) is 0 Å². The zero-order valence-electron chi connectivity index (χ0n) is 16.4. The molecule has 28 heavy (non-hydrogen) atoms.